The number of carbonyl (C=O) groups excluding carboxylic acids is 1. The molecule has 5 nitrogen and oxygen atoms in total. The molecule has 0 amide bonds. The molecule has 1 atom stereocenters. The Hall–Kier alpha value is -2.69. The van der Waals surface area contributed by atoms with Crippen molar-refractivity contribution >= 4 is 17.1 Å². The maximum absolute atomic E-state index is 12.0. The Morgan fingerprint density at radius 2 is 2.00 bits per heavy atom. The Bertz CT molecular complexity index is 825. The summed E-state index contributed by atoms with van der Waals surface area (Å²) in [6.07, 6.45) is 1.56. The number of fused-ring (bicyclic) bond motifs is 1. The maximum Gasteiger partial charge on any atom is 0.313 e. The molecule has 0 aliphatic heterocycles. The number of esters is 1. The van der Waals surface area contributed by atoms with E-state index in [4.69, 9.17) is 9.15 Å². The zero-order valence-electron chi connectivity index (χ0n) is 13.3. The minimum atomic E-state index is -0.356. The van der Waals surface area contributed by atoms with E-state index in [1.54, 1.807) is 6.20 Å². The van der Waals surface area contributed by atoms with Crippen LogP contribution in [0.1, 0.15) is 32.3 Å². The van der Waals surface area contributed by atoms with Gasteiger partial charge < -0.3 is 9.15 Å². The number of oxazole rings is 1. The van der Waals surface area contributed by atoms with Crippen LogP contribution in [0.4, 0.5) is 0 Å². The zero-order chi connectivity index (χ0) is 16.4. The molecule has 0 radical (unpaired) electrons. The molecule has 1 unspecified atom stereocenters. The largest absolute Gasteiger partial charge is 0.463 e. The number of nitrogens with zero attached hydrogens (tertiary/aromatic N) is 2. The number of hydrogen-bond acceptors (Lipinski definition) is 5. The highest BCUT2D eigenvalue weighted by atomic mass is 16.5. The van der Waals surface area contributed by atoms with Crippen LogP contribution in [0.25, 0.3) is 22.7 Å². The highest BCUT2D eigenvalue weighted by molar-refractivity contribution is 5.81. The van der Waals surface area contributed by atoms with Gasteiger partial charge in [0.1, 0.15) is 11.2 Å². The number of benzene rings is 1. The lowest BCUT2D eigenvalue weighted by Gasteiger charge is -2.13. The first-order valence-electron chi connectivity index (χ1n) is 7.57. The van der Waals surface area contributed by atoms with Crippen molar-refractivity contribution < 1.29 is 13.9 Å². The van der Waals surface area contributed by atoms with Crippen LogP contribution in [0, 0.1) is 0 Å². The molecule has 0 saturated carbocycles. The van der Waals surface area contributed by atoms with Crippen molar-refractivity contribution in [2.75, 3.05) is 0 Å². The smallest absolute Gasteiger partial charge is 0.313 e. The number of pyridine rings is 1. The fraction of sp³-hybridized carbons (Fsp3) is 0.278. The molecule has 0 aliphatic rings. The van der Waals surface area contributed by atoms with E-state index in [0.717, 1.165) is 11.1 Å². The normalized spacial score (nSPS) is 12.5. The minimum Gasteiger partial charge on any atom is -0.463 e. The Labute approximate surface area is 134 Å². The zero-order valence-corrected chi connectivity index (χ0v) is 13.3. The Morgan fingerprint density at radius 1 is 1.17 bits per heavy atom. The quantitative estimate of drug-likeness (QED) is 0.683. The highest BCUT2D eigenvalue weighted by Gasteiger charge is 2.19. The van der Waals surface area contributed by atoms with Gasteiger partial charge in [0.25, 0.3) is 0 Å². The molecule has 2 heterocycles. The second kappa shape index (κ2) is 6.20. The third kappa shape index (κ3) is 3.23. The molecule has 0 bridgehead atoms. The van der Waals surface area contributed by atoms with Crippen molar-refractivity contribution in [3.63, 3.8) is 0 Å². The van der Waals surface area contributed by atoms with Crippen molar-refractivity contribution in [3.05, 3.63) is 48.2 Å². The Morgan fingerprint density at radius 3 is 2.70 bits per heavy atom. The number of rotatable bonds is 4. The summed E-state index contributed by atoms with van der Waals surface area (Å²) in [4.78, 5) is 20.7. The van der Waals surface area contributed by atoms with Gasteiger partial charge in [0.2, 0.25) is 5.89 Å². The summed E-state index contributed by atoms with van der Waals surface area (Å²) in [5, 5.41) is 0. The van der Waals surface area contributed by atoms with Gasteiger partial charge in [-0.05, 0) is 50.6 Å². The monoisotopic (exact) mass is 310 g/mol. The lowest BCUT2D eigenvalue weighted by atomic mass is 10.0. The number of ether oxygens (including phenoxy) is 1. The summed E-state index contributed by atoms with van der Waals surface area (Å²) in [5.74, 6) is -0.135. The Balaban J connectivity index is 1.92. The number of aromatic nitrogens is 2. The van der Waals surface area contributed by atoms with E-state index < -0.39 is 0 Å². The Kier molecular flexibility index (Phi) is 4.10. The van der Waals surface area contributed by atoms with Crippen molar-refractivity contribution in [2.24, 2.45) is 0 Å². The van der Waals surface area contributed by atoms with E-state index in [2.05, 4.69) is 9.97 Å². The molecule has 3 rings (SSSR count). The van der Waals surface area contributed by atoms with Gasteiger partial charge in [-0.15, -0.1) is 0 Å². The summed E-state index contributed by atoms with van der Waals surface area (Å²) in [6.45, 7) is 5.49. The fourth-order valence-electron chi connectivity index (χ4n) is 2.28. The summed E-state index contributed by atoms with van der Waals surface area (Å²) in [5.41, 5.74) is 2.88. The second-order valence-corrected chi connectivity index (χ2v) is 5.67. The van der Waals surface area contributed by atoms with Crippen LogP contribution < -0.4 is 0 Å². The molecule has 0 fully saturated rings. The molecule has 5 heteroatoms. The van der Waals surface area contributed by atoms with E-state index in [1.165, 1.54) is 0 Å². The van der Waals surface area contributed by atoms with Crippen molar-refractivity contribution in [2.45, 2.75) is 32.8 Å². The molecule has 118 valence electrons. The van der Waals surface area contributed by atoms with Gasteiger partial charge in [-0.1, -0.05) is 12.1 Å². The van der Waals surface area contributed by atoms with E-state index >= 15 is 0 Å². The standard InChI is InChI=1S/C18H18N2O3/c1-11(2)22-18(21)12(3)13-7-8-14-16(10-13)23-17(20-14)15-6-4-5-9-19-15/h4-12H,1-3H3. The van der Waals surface area contributed by atoms with Crippen molar-refractivity contribution in [3.8, 4) is 11.6 Å². The van der Waals surface area contributed by atoms with E-state index in [0.29, 0.717) is 17.2 Å². The van der Waals surface area contributed by atoms with Crippen LogP contribution in [0.2, 0.25) is 0 Å². The van der Waals surface area contributed by atoms with Gasteiger partial charge in [-0.3, -0.25) is 9.78 Å². The summed E-state index contributed by atoms with van der Waals surface area (Å²) >= 11 is 0. The van der Waals surface area contributed by atoms with Gasteiger partial charge in [0.05, 0.1) is 12.0 Å². The topological polar surface area (TPSA) is 65.2 Å². The lowest BCUT2D eigenvalue weighted by Crippen LogP contribution is -2.17. The third-order valence-electron chi connectivity index (χ3n) is 3.50. The fourth-order valence-corrected chi connectivity index (χ4v) is 2.28. The maximum atomic E-state index is 12.0. The van der Waals surface area contributed by atoms with Gasteiger partial charge in [-0.2, -0.15) is 0 Å². The van der Waals surface area contributed by atoms with E-state index in [-0.39, 0.29) is 18.0 Å². The molecular weight excluding hydrogens is 292 g/mol. The molecule has 0 saturated heterocycles. The molecule has 0 N–H and O–H groups in total. The van der Waals surface area contributed by atoms with Gasteiger partial charge >= 0.3 is 5.97 Å². The number of carbonyl (C=O) groups is 1. The molecule has 0 aliphatic carbocycles. The average Bonchev–Trinajstić information content (AvgIpc) is 2.97. The second-order valence-electron chi connectivity index (χ2n) is 5.67. The van der Waals surface area contributed by atoms with Crippen molar-refractivity contribution in [1.29, 1.82) is 0 Å². The average molecular weight is 310 g/mol. The molecule has 1 aromatic carbocycles. The first-order valence-corrected chi connectivity index (χ1v) is 7.57. The lowest BCUT2D eigenvalue weighted by molar-refractivity contribution is -0.148. The van der Waals surface area contributed by atoms with Crippen LogP contribution >= 0.6 is 0 Å². The van der Waals surface area contributed by atoms with Gasteiger partial charge in [0.15, 0.2) is 5.58 Å². The van der Waals surface area contributed by atoms with Crippen LogP contribution in [0.15, 0.2) is 47.0 Å². The minimum absolute atomic E-state index is 0.130. The molecular formula is C18H18N2O3. The highest BCUT2D eigenvalue weighted by Crippen LogP contribution is 2.26. The summed E-state index contributed by atoms with van der Waals surface area (Å²) < 4.78 is 11.0. The third-order valence-corrected chi connectivity index (χ3v) is 3.50. The molecule has 0 spiro atoms. The van der Waals surface area contributed by atoms with E-state index in [1.807, 2.05) is 57.2 Å². The molecule has 23 heavy (non-hydrogen) atoms. The first kappa shape index (κ1) is 15.2. The van der Waals surface area contributed by atoms with Gasteiger partial charge in [0, 0.05) is 6.20 Å². The van der Waals surface area contributed by atoms with E-state index in [9.17, 15) is 4.79 Å². The molecule has 2 aromatic heterocycles. The predicted octanol–water partition coefficient (Wildman–Crippen LogP) is 3.94. The molecule has 3 aromatic rings. The van der Waals surface area contributed by atoms with Crippen molar-refractivity contribution in [1.82, 2.24) is 9.97 Å². The first-order chi connectivity index (χ1) is 11.0. The van der Waals surface area contributed by atoms with Gasteiger partial charge in [-0.25, -0.2) is 4.98 Å². The summed E-state index contributed by atoms with van der Waals surface area (Å²) in [7, 11) is 0. The summed E-state index contributed by atoms with van der Waals surface area (Å²) in [6, 6.07) is 11.1. The SMILES string of the molecule is CC(C)OC(=O)C(C)c1ccc2nc(-c3ccccn3)oc2c1. The van der Waals surface area contributed by atoms with Crippen LogP contribution in [-0.2, 0) is 9.53 Å². The van der Waals surface area contributed by atoms with Crippen LogP contribution in [0.3, 0.4) is 0 Å². The predicted molar refractivity (Wildman–Crippen MR) is 86.9 cm³/mol. The number of hydrogen-bond donors (Lipinski definition) is 0. The van der Waals surface area contributed by atoms with Crippen LogP contribution in [-0.4, -0.2) is 22.0 Å². The van der Waals surface area contributed by atoms with Crippen LogP contribution in [0.5, 0.6) is 0 Å².